The molecular formula is C16H27N3O. The van der Waals surface area contributed by atoms with Crippen LogP contribution in [0.1, 0.15) is 57.3 Å². The molecule has 1 atom stereocenters. The number of hydrogen-bond donors (Lipinski definition) is 1. The summed E-state index contributed by atoms with van der Waals surface area (Å²) in [5, 5.41) is 3.17. The smallest absolute Gasteiger partial charge is 0.257 e. The number of unbranched alkanes of at least 4 members (excludes halogenated alkanes) is 1. The number of aromatic nitrogens is 1. The van der Waals surface area contributed by atoms with Gasteiger partial charge in [-0.15, -0.1) is 0 Å². The fourth-order valence-corrected chi connectivity index (χ4v) is 2.11. The highest BCUT2D eigenvalue weighted by atomic mass is 16.2. The maximum absolute atomic E-state index is 12.8. The molecule has 0 bridgehead atoms. The van der Waals surface area contributed by atoms with Gasteiger partial charge < -0.3 is 10.2 Å². The van der Waals surface area contributed by atoms with Crippen LogP contribution in [0.2, 0.25) is 0 Å². The van der Waals surface area contributed by atoms with Crippen molar-refractivity contribution < 1.29 is 4.79 Å². The van der Waals surface area contributed by atoms with Crippen molar-refractivity contribution in [1.29, 1.82) is 0 Å². The summed E-state index contributed by atoms with van der Waals surface area (Å²) >= 11 is 0. The molecule has 0 spiro atoms. The van der Waals surface area contributed by atoms with Gasteiger partial charge in [-0.2, -0.15) is 0 Å². The average Bonchev–Trinajstić information content (AvgIpc) is 2.48. The largest absolute Gasteiger partial charge is 0.370 e. The zero-order valence-corrected chi connectivity index (χ0v) is 13.1. The van der Waals surface area contributed by atoms with Gasteiger partial charge in [-0.05, 0) is 38.8 Å². The predicted molar refractivity (Wildman–Crippen MR) is 84.1 cm³/mol. The molecule has 112 valence electrons. The molecule has 0 aromatic carbocycles. The number of carbonyl (C=O) groups excluding carboxylic acids is 1. The third kappa shape index (κ3) is 4.22. The van der Waals surface area contributed by atoms with Gasteiger partial charge >= 0.3 is 0 Å². The Hall–Kier alpha value is -1.58. The second kappa shape index (κ2) is 8.56. The third-order valence-electron chi connectivity index (χ3n) is 3.52. The van der Waals surface area contributed by atoms with Crippen LogP contribution in [-0.4, -0.2) is 34.9 Å². The van der Waals surface area contributed by atoms with E-state index in [1.807, 2.05) is 24.0 Å². The number of nitrogens with one attached hydrogen (secondary N) is 1. The van der Waals surface area contributed by atoms with Gasteiger partial charge in [0.1, 0.15) is 5.82 Å². The minimum atomic E-state index is 0.0804. The monoisotopic (exact) mass is 277 g/mol. The quantitative estimate of drug-likeness (QED) is 0.790. The van der Waals surface area contributed by atoms with E-state index in [4.69, 9.17) is 0 Å². The Morgan fingerprint density at radius 1 is 1.40 bits per heavy atom. The standard InChI is InChI=1S/C16H27N3O/c1-5-8-12-19(13(4)6-2)16(20)14-10-9-11-18-15(14)17-7-3/h9-11,13H,5-8,12H2,1-4H3,(H,17,18). The van der Waals surface area contributed by atoms with E-state index >= 15 is 0 Å². The van der Waals surface area contributed by atoms with Crippen LogP contribution < -0.4 is 5.32 Å². The molecule has 0 saturated heterocycles. The number of carbonyl (C=O) groups is 1. The van der Waals surface area contributed by atoms with Gasteiger partial charge in [0.15, 0.2) is 0 Å². The lowest BCUT2D eigenvalue weighted by Gasteiger charge is -2.29. The van der Waals surface area contributed by atoms with Crippen LogP contribution in [0.25, 0.3) is 0 Å². The van der Waals surface area contributed by atoms with Crippen molar-refractivity contribution in [2.45, 2.75) is 53.0 Å². The van der Waals surface area contributed by atoms with Gasteiger partial charge in [0, 0.05) is 25.3 Å². The molecule has 0 saturated carbocycles. The van der Waals surface area contributed by atoms with Crippen LogP contribution in [0, 0.1) is 0 Å². The van der Waals surface area contributed by atoms with Crippen LogP contribution in [0.5, 0.6) is 0 Å². The maximum Gasteiger partial charge on any atom is 0.257 e. The van der Waals surface area contributed by atoms with Gasteiger partial charge in [-0.1, -0.05) is 20.3 Å². The molecule has 20 heavy (non-hydrogen) atoms. The Morgan fingerprint density at radius 2 is 2.15 bits per heavy atom. The van der Waals surface area contributed by atoms with Crippen LogP contribution in [0.15, 0.2) is 18.3 Å². The van der Waals surface area contributed by atoms with E-state index in [1.165, 1.54) is 0 Å². The lowest BCUT2D eigenvalue weighted by atomic mass is 10.1. The molecule has 0 aliphatic rings. The Kier molecular flexibility index (Phi) is 7.05. The molecule has 1 rings (SSSR count). The number of nitrogens with zero attached hydrogens (tertiary/aromatic N) is 2. The zero-order chi connectivity index (χ0) is 15.0. The lowest BCUT2D eigenvalue weighted by Crippen LogP contribution is -2.39. The molecule has 1 amide bonds. The van der Waals surface area contributed by atoms with Crippen LogP contribution in [0.4, 0.5) is 5.82 Å². The molecule has 1 unspecified atom stereocenters. The summed E-state index contributed by atoms with van der Waals surface area (Å²) in [6, 6.07) is 3.93. The van der Waals surface area contributed by atoms with E-state index in [1.54, 1.807) is 6.20 Å². The van der Waals surface area contributed by atoms with Crippen molar-refractivity contribution >= 4 is 11.7 Å². The average molecular weight is 277 g/mol. The topological polar surface area (TPSA) is 45.2 Å². The fourth-order valence-electron chi connectivity index (χ4n) is 2.11. The fraction of sp³-hybridized carbons (Fsp3) is 0.625. The second-order valence-corrected chi connectivity index (χ2v) is 5.04. The first-order chi connectivity index (χ1) is 9.65. The van der Waals surface area contributed by atoms with Gasteiger partial charge in [0.25, 0.3) is 5.91 Å². The van der Waals surface area contributed by atoms with Crippen LogP contribution in [0.3, 0.4) is 0 Å². The first-order valence-corrected chi connectivity index (χ1v) is 7.65. The second-order valence-electron chi connectivity index (χ2n) is 5.04. The summed E-state index contributed by atoms with van der Waals surface area (Å²) in [4.78, 5) is 19.0. The maximum atomic E-state index is 12.8. The summed E-state index contributed by atoms with van der Waals surface area (Å²) in [7, 11) is 0. The van der Waals surface area contributed by atoms with Crippen molar-refractivity contribution in [2.75, 3.05) is 18.4 Å². The summed E-state index contributed by atoms with van der Waals surface area (Å²) in [5.74, 6) is 0.765. The molecule has 1 heterocycles. The highest BCUT2D eigenvalue weighted by molar-refractivity contribution is 5.98. The predicted octanol–water partition coefficient (Wildman–Crippen LogP) is 3.55. The van der Waals surface area contributed by atoms with Crippen molar-refractivity contribution in [3.05, 3.63) is 23.9 Å². The lowest BCUT2D eigenvalue weighted by molar-refractivity contribution is 0.0686. The highest BCUT2D eigenvalue weighted by Gasteiger charge is 2.22. The van der Waals surface area contributed by atoms with E-state index in [0.717, 1.165) is 32.4 Å². The minimum Gasteiger partial charge on any atom is -0.370 e. The zero-order valence-electron chi connectivity index (χ0n) is 13.1. The van der Waals surface area contributed by atoms with E-state index in [9.17, 15) is 4.79 Å². The summed E-state index contributed by atoms with van der Waals surface area (Å²) in [5.41, 5.74) is 0.672. The Bertz CT molecular complexity index is 420. The first kappa shape index (κ1) is 16.5. The van der Waals surface area contributed by atoms with Crippen molar-refractivity contribution in [3.63, 3.8) is 0 Å². The Morgan fingerprint density at radius 3 is 2.75 bits per heavy atom. The van der Waals surface area contributed by atoms with E-state index in [-0.39, 0.29) is 11.9 Å². The number of pyridine rings is 1. The summed E-state index contributed by atoms with van der Waals surface area (Å²) in [6.45, 7) is 9.95. The molecule has 0 aliphatic carbocycles. The highest BCUT2D eigenvalue weighted by Crippen LogP contribution is 2.17. The third-order valence-corrected chi connectivity index (χ3v) is 3.52. The van der Waals surface area contributed by atoms with E-state index in [0.29, 0.717) is 11.4 Å². The Labute approximate surface area is 122 Å². The molecule has 0 fully saturated rings. The summed E-state index contributed by atoms with van der Waals surface area (Å²) < 4.78 is 0. The van der Waals surface area contributed by atoms with Crippen molar-refractivity contribution in [2.24, 2.45) is 0 Å². The van der Waals surface area contributed by atoms with Crippen LogP contribution >= 0.6 is 0 Å². The molecule has 4 heteroatoms. The molecule has 0 aliphatic heterocycles. The number of rotatable bonds is 8. The molecule has 0 radical (unpaired) electrons. The van der Waals surface area contributed by atoms with Gasteiger partial charge in [0.05, 0.1) is 5.56 Å². The van der Waals surface area contributed by atoms with Gasteiger partial charge in [-0.25, -0.2) is 4.98 Å². The minimum absolute atomic E-state index is 0.0804. The molecular weight excluding hydrogens is 250 g/mol. The number of anilines is 1. The molecule has 1 N–H and O–H groups in total. The van der Waals surface area contributed by atoms with Gasteiger partial charge in [0.2, 0.25) is 0 Å². The van der Waals surface area contributed by atoms with Crippen molar-refractivity contribution in [3.8, 4) is 0 Å². The first-order valence-electron chi connectivity index (χ1n) is 7.65. The number of amides is 1. The normalized spacial score (nSPS) is 12.0. The SMILES string of the molecule is CCCCN(C(=O)c1cccnc1NCC)C(C)CC. The molecule has 1 aromatic heterocycles. The molecule has 4 nitrogen and oxygen atoms in total. The molecule has 1 aromatic rings. The number of hydrogen-bond acceptors (Lipinski definition) is 3. The van der Waals surface area contributed by atoms with Crippen molar-refractivity contribution in [1.82, 2.24) is 9.88 Å². The summed E-state index contributed by atoms with van der Waals surface area (Å²) in [6.07, 6.45) is 4.81. The van der Waals surface area contributed by atoms with Crippen LogP contribution in [-0.2, 0) is 0 Å². The van der Waals surface area contributed by atoms with E-state index in [2.05, 4.69) is 31.1 Å². The Balaban J connectivity index is 2.98. The van der Waals surface area contributed by atoms with E-state index < -0.39 is 0 Å². The van der Waals surface area contributed by atoms with Gasteiger partial charge in [-0.3, -0.25) is 4.79 Å².